The van der Waals surface area contributed by atoms with Crippen LogP contribution in [-0.2, 0) is 28.6 Å². The van der Waals surface area contributed by atoms with Crippen LogP contribution in [0.1, 0.15) is 60.3 Å². The Bertz CT molecular complexity index is 496. The SMILES string of the molecule is CCOC(=O)CCCC[C@H](C(=O)OC)C(=O)[C@@H](C)NC(=O)OC(C)(C)C. The van der Waals surface area contributed by atoms with Crippen molar-refractivity contribution >= 4 is 23.8 Å². The molecule has 0 saturated heterocycles. The summed E-state index contributed by atoms with van der Waals surface area (Å²) in [6.45, 7) is 8.65. The summed E-state index contributed by atoms with van der Waals surface area (Å²) in [7, 11) is 1.20. The van der Waals surface area contributed by atoms with E-state index in [1.165, 1.54) is 14.0 Å². The predicted octanol–water partition coefficient (Wildman–Crippen LogP) is 2.38. The first-order valence-corrected chi connectivity index (χ1v) is 8.78. The van der Waals surface area contributed by atoms with Gasteiger partial charge in [0.2, 0.25) is 0 Å². The lowest BCUT2D eigenvalue weighted by Gasteiger charge is -2.23. The van der Waals surface area contributed by atoms with E-state index in [0.29, 0.717) is 19.4 Å². The number of methoxy groups -OCH3 is 1. The Balaban J connectivity index is 4.65. The molecule has 0 radical (unpaired) electrons. The zero-order chi connectivity index (χ0) is 20.3. The summed E-state index contributed by atoms with van der Waals surface area (Å²) in [5, 5.41) is 2.43. The minimum absolute atomic E-state index is 0.224. The maximum atomic E-state index is 12.5. The van der Waals surface area contributed by atoms with Crippen molar-refractivity contribution in [2.45, 2.75) is 71.9 Å². The van der Waals surface area contributed by atoms with Gasteiger partial charge in [-0.05, 0) is 47.5 Å². The Hall–Kier alpha value is -2.12. The topological polar surface area (TPSA) is 108 Å². The van der Waals surface area contributed by atoms with Gasteiger partial charge in [0.1, 0.15) is 11.5 Å². The lowest BCUT2D eigenvalue weighted by Crippen LogP contribution is -2.45. The zero-order valence-corrected chi connectivity index (χ0v) is 16.5. The molecule has 0 unspecified atom stereocenters. The van der Waals surface area contributed by atoms with E-state index in [-0.39, 0.29) is 18.8 Å². The molecule has 0 aromatic carbocycles. The summed E-state index contributed by atoms with van der Waals surface area (Å²) < 4.78 is 14.6. The molecule has 0 bridgehead atoms. The first-order valence-electron chi connectivity index (χ1n) is 8.78. The van der Waals surface area contributed by atoms with E-state index in [1.807, 2.05) is 0 Å². The van der Waals surface area contributed by atoms with Crippen molar-refractivity contribution < 1.29 is 33.4 Å². The average molecular weight is 373 g/mol. The third kappa shape index (κ3) is 10.0. The molecule has 150 valence electrons. The van der Waals surface area contributed by atoms with E-state index in [9.17, 15) is 19.2 Å². The molecule has 26 heavy (non-hydrogen) atoms. The number of alkyl carbamates (subject to hydrolysis) is 1. The molecule has 2 atom stereocenters. The highest BCUT2D eigenvalue weighted by atomic mass is 16.6. The number of carbonyl (C=O) groups is 4. The normalized spacial score (nSPS) is 13.3. The third-order valence-corrected chi connectivity index (χ3v) is 3.42. The second-order valence-electron chi connectivity index (χ2n) is 6.90. The fourth-order valence-corrected chi connectivity index (χ4v) is 2.23. The quantitative estimate of drug-likeness (QED) is 0.271. The van der Waals surface area contributed by atoms with E-state index < -0.39 is 35.4 Å². The standard InChI is InChI=1S/C18H31NO7/c1-7-25-14(20)11-9-8-10-13(16(22)24-6)15(21)12(2)19-17(23)26-18(3,4)5/h12-13H,7-11H2,1-6H3,(H,19,23)/t12-,13+/m1/s1. The summed E-state index contributed by atoms with van der Waals surface area (Å²) in [5.41, 5.74) is -0.693. The lowest BCUT2D eigenvalue weighted by atomic mass is 9.93. The molecule has 0 rings (SSSR count). The summed E-state index contributed by atoms with van der Waals surface area (Å²) in [6.07, 6.45) is 0.688. The highest BCUT2D eigenvalue weighted by molar-refractivity contribution is 6.02. The molecule has 8 nitrogen and oxygen atoms in total. The number of esters is 2. The molecule has 0 aliphatic rings. The van der Waals surface area contributed by atoms with Crippen molar-refractivity contribution in [3.05, 3.63) is 0 Å². The molecular formula is C18H31NO7. The van der Waals surface area contributed by atoms with E-state index in [0.717, 1.165) is 0 Å². The maximum absolute atomic E-state index is 12.5. The third-order valence-electron chi connectivity index (χ3n) is 3.42. The molecule has 0 aliphatic heterocycles. The molecule has 0 saturated carbocycles. The summed E-state index contributed by atoms with van der Waals surface area (Å²) >= 11 is 0. The van der Waals surface area contributed by atoms with E-state index >= 15 is 0 Å². The van der Waals surface area contributed by atoms with Gasteiger partial charge in [0.05, 0.1) is 19.8 Å². The van der Waals surface area contributed by atoms with E-state index in [2.05, 4.69) is 5.32 Å². The number of amides is 1. The number of rotatable bonds is 10. The second kappa shape index (κ2) is 11.5. The highest BCUT2D eigenvalue weighted by Crippen LogP contribution is 2.16. The molecule has 0 aromatic heterocycles. The lowest BCUT2D eigenvalue weighted by molar-refractivity contribution is -0.150. The Kier molecular flexibility index (Phi) is 10.6. The van der Waals surface area contributed by atoms with Crippen LogP contribution in [0.2, 0.25) is 0 Å². The van der Waals surface area contributed by atoms with Crippen LogP contribution in [0, 0.1) is 5.92 Å². The smallest absolute Gasteiger partial charge is 0.408 e. The maximum Gasteiger partial charge on any atom is 0.408 e. The molecule has 0 spiro atoms. The van der Waals surface area contributed by atoms with E-state index in [1.54, 1.807) is 27.7 Å². The summed E-state index contributed by atoms with van der Waals surface area (Å²) in [4.78, 5) is 47.5. The first-order chi connectivity index (χ1) is 12.0. The van der Waals surface area contributed by atoms with Crippen molar-refractivity contribution in [2.75, 3.05) is 13.7 Å². The largest absolute Gasteiger partial charge is 0.468 e. The van der Waals surface area contributed by atoms with Crippen molar-refractivity contribution in [3.63, 3.8) is 0 Å². The average Bonchev–Trinajstić information content (AvgIpc) is 2.52. The van der Waals surface area contributed by atoms with Crippen LogP contribution in [0.3, 0.4) is 0 Å². The molecule has 0 aliphatic carbocycles. The van der Waals surface area contributed by atoms with Gasteiger partial charge in [-0.3, -0.25) is 14.4 Å². The van der Waals surface area contributed by atoms with Gasteiger partial charge in [-0.25, -0.2) is 4.79 Å². The number of hydrogen-bond donors (Lipinski definition) is 1. The molecule has 0 aromatic rings. The monoisotopic (exact) mass is 373 g/mol. The Morgan fingerprint density at radius 2 is 1.69 bits per heavy atom. The zero-order valence-electron chi connectivity index (χ0n) is 16.5. The Morgan fingerprint density at radius 3 is 2.19 bits per heavy atom. The van der Waals surface area contributed by atoms with Crippen LogP contribution in [0.25, 0.3) is 0 Å². The second-order valence-corrected chi connectivity index (χ2v) is 6.90. The van der Waals surface area contributed by atoms with Gasteiger partial charge in [0.25, 0.3) is 0 Å². The van der Waals surface area contributed by atoms with Crippen LogP contribution in [-0.4, -0.2) is 49.2 Å². The number of ketones is 1. The number of ether oxygens (including phenoxy) is 3. The van der Waals surface area contributed by atoms with Crippen molar-refractivity contribution in [3.8, 4) is 0 Å². The van der Waals surface area contributed by atoms with Crippen LogP contribution >= 0.6 is 0 Å². The van der Waals surface area contributed by atoms with Gasteiger partial charge in [0.15, 0.2) is 5.78 Å². The van der Waals surface area contributed by atoms with Crippen LogP contribution in [0.4, 0.5) is 4.79 Å². The van der Waals surface area contributed by atoms with E-state index in [4.69, 9.17) is 14.2 Å². The minimum atomic E-state index is -1.01. The number of Topliss-reactive ketones (excluding diaryl/α,β-unsaturated/α-hetero) is 1. The number of hydrogen-bond acceptors (Lipinski definition) is 7. The number of nitrogens with one attached hydrogen (secondary N) is 1. The fraction of sp³-hybridized carbons (Fsp3) is 0.778. The molecule has 0 heterocycles. The van der Waals surface area contributed by atoms with Crippen molar-refractivity contribution in [1.82, 2.24) is 5.32 Å². The molecule has 1 amide bonds. The highest BCUT2D eigenvalue weighted by Gasteiger charge is 2.32. The Morgan fingerprint density at radius 1 is 1.08 bits per heavy atom. The van der Waals surface area contributed by atoms with Crippen LogP contribution in [0.5, 0.6) is 0 Å². The summed E-state index contributed by atoms with van der Waals surface area (Å²) in [6, 6.07) is -0.904. The minimum Gasteiger partial charge on any atom is -0.468 e. The van der Waals surface area contributed by atoms with Gasteiger partial charge >= 0.3 is 18.0 Å². The van der Waals surface area contributed by atoms with Gasteiger partial charge in [-0.15, -0.1) is 0 Å². The summed E-state index contributed by atoms with van der Waals surface area (Å²) in [5.74, 6) is -2.44. The van der Waals surface area contributed by atoms with Crippen molar-refractivity contribution in [2.24, 2.45) is 5.92 Å². The Labute approximate surface area is 154 Å². The van der Waals surface area contributed by atoms with Gasteiger partial charge in [-0.1, -0.05) is 6.42 Å². The predicted molar refractivity (Wildman–Crippen MR) is 94.4 cm³/mol. The molecule has 0 fully saturated rings. The van der Waals surface area contributed by atoms with Gasteiger partial charge < -0.3 is 19.5 Å². The van der Waals surface area contributed by atoms with Crippen LogP contribution < -0.4 is 5.32 Å². The fourth-order valence-electron chi connectivity index (χ4n) is 2.23. The first kappa shape index (κ1) is 23.9. The van der Waals surface area contributed by atoms with Crippen LogP contribution in [0.15, 0.2) is 0 Å². The number of carbonyl (C=O) groups excluding carboxylic acids is 4. The van der Waals surface area contributed by atoms with Gasteiger partial charge in [0, 0.05) is 6.42 Å². The molecule has 8 heteroatoms. The molecule has 1 N–H and O–H groups in total. The van der Waals surface area contributed by atoms with Gasteiger partial charge in [-0.2, -0.15) is 0 Å². The molecular weight excluding hydrogens is 342 g/mol. The number of unbranched alkanes of at least 4 members (excludes halogenated alkanes) is 1. The van der Waals surface area contributed by atoms with Crippen molar-refractivity contribution in [1.29, 1.82) is 0 Å².